The van der Waals surface area contributed by atoms with E-state index in [9.17, 15) is 9.18 Å². The zero-order valence-electron chi connectivity index (χ0n) is 10.7. The molecule has 0 aliphatic carbocycles. The van der Waals surface area contributed by atoms with E-state index in [1.807, 2.05) is 6.92 Å². The first-order valence-electron chi connectivity index (χ1n) is 6.13. The van der Waals surface area contributed by atoms with Gasteiger partial charge in [-0.05, 0) is 30.9 Å². The Kier molecular flexibility index (Phi) is 3.84. The van der Waals surface area contributed by atoms with E-state index in [4.69, 9.17) is 9.47 Å². The number of Topliss-reactive ketones (excluding diaryl/α,β-unsaturated/α-hetero) is 1. The van der Waals surface area contributed by atoms with E-state index in [0.29, 0.717) is 43.1 Å². The first-order valence-corrected chi connectivity index (χ1v) is 6.13. The van der Waals surface area contributed by atoms with Crippen LogP contribution in [0, 0.1) is 11.7 Å². The third-order valence-corrected chi connectivity index (χ3v) is 2.92. The Morgan fingerprint density at radius 1 is 1.33 bits per heavy atom. The maximum atomic E-state index is 13.9. The lowest BCUT2D eigenvalue weighted by atomic mass is 9.96. The summed E-state index contributed by atoms with van der Waals surface area (Å²) in [6.07, 6.45) is 0.996. The maximum absolute atomic E-state index is 13.9. The molecule has 18 heavy (non-hydrogen) atoms. The predicted octanol–water partition coefficient (Wildman–Crippen LogP) is 2.75. The van der Waals surface area contributed by atoms with Gasteiger partial charge in [-0.1, -0.05) is 6.92 Å². The Morgan fingerprint density at radius 3 is 2.56 bits per heavy atom. The molecule has 0 saturated heterocycles. The lowest BCUT2D eigenvalue weighted by Crippen LogP contribution is -2.16. The minimum absolute atomic E-state index is 0.125. The van der Waals surface area contributed by atoms with Crippen LogP contribution in [0.5, 0.6) is 11.5 Å². The summed E-state index contributed by atoms with van der Waals surface area (Å²) in [7, 11) is 0. The highest BCUT2D eigenvalue weighted by atomic mass is 19.1. The Hall–Kier alpha value is -1.58. The fourth-order valence-electron chi connectivity index (χ4n) is 2.20. The Balaban J connectivity index is 2.15. The van der Waals surface area contributed by atoms with Crippen molar-refractivity contribution < 1.29 is 18.7 Å². The van der Waals surface area contributed by atoms with Crippen molar-refractivity contribution in [1.29, 1.82) is 0 Å². The fraction of sp³-hybridized carbons (Fsp3) is 0.500. The highest BCUT2D eigenvalue weighted by Crippen LogP contribution is 2.33. The van der Waals surface area contributed by atoms with Crippen LogP contribution in [-0.4, -0.2) is 19.0 Å². The number of ketones is 1. The second-order valence-corrected chi connectivity index (χ2v) is 4.80. The average molecular weight is 252 g/mol. The molecule has 0 aromatic heterocycles. The van der Waals surface area contributed by atoms with Crippen LogP contribution >= 0.6 is 0 Å². The second kappa shape index (κ2) is 5.38. The molecular formula is C14H17FO3. The molecule has 2 rings (SSSR count). The maximum Gasteiger partial charge on any atom is 0.164 e. The lowest BCUT2D eigenvalue weighted by molar-refractivity contribution is -0.117. The number of carbonyl (C=O) groups is 1. The summed E-state index contributed by atoms with van der Waals surface area (Å²) in [4.78, 5) is 11.0. The monoisotopic (exact) mass is 252 g/mol. The molecule has 1 unspecified atom stereocenters. The number of rotatable bonds is 4. The molecule has 3 nitrogen and oxygen atoms in total. The van der Waals surface area contributed by atoms with Crippen LogP contribution in [0.15, 0.2) is 12.1 Å². The molecule has 1 aromatic rings. The minimum Gasteiger partial charge on any atom is -0.486 e. The third-order valence-electron chi connectivity index (χ3n) is 2.92. The van der Waals surface area contributed by atoms with Crippen LogP contribution in [0.1, 0.15) is 25.8 Å². The first-order chi connectivity index (χ1) is 8.56. The molecule has 0 N–H and O–H groups in total. The van der Waals surface area contributed by atoms with Crippen LogP contribution in [-0.2, 0) is 11.2 Å². The van der Waals surface area contributed by atoms with Gasteiger partial charge in [0.05, 0.1) is 0 Å². The van der Waals surface area contributed by atoms with E-state index < -0.39 is 0 Å². The van der Waals surface area contributed by atoms with Gasteiger partial charge in [-0.15, -0.1) is 0 Å². The van der Waals surface area contributed by atoms with Gasteiger partial charge in [-0.25, -0.2) is 4.39 Å². The minimum atomic E-state index is -0.297. The van der Waals surface area contributed by atoms with Gasteiger partial charge in [0, 0.05) is 12.5 Å². The van der Waals surface area contributed by atoms with Gasteiger partial charge in [0.15, 0.2) is 11.5 Å². The van der Waals surface area contributed by atoms with Gasteiger partial charge in [-0.2, -0.15) is 0 Å². The van der Waals surface area contributed by atoms with Gasteiger partial charge in [0.25, 0.3) is 0 Å². The molecule has 0 amide bonds. The molecule has 98 valence electrons. The van der Waals surface area contributed by atoms with Crippen molar-refractivity contribution in [3.8, 4) is 11.5 Å². The lowest BCUT2D eigenvalue weighted by Gasteiger charge is -2.20. The van der Waals surface area contributed by atoms with E-state index in [0.717, 1.165) is 0 Å². The Labute approximate surface area is 106 Å². The molecule has 1 heterocycles. The molecule has 4 heteroatoms. The third kappa shape index (κ3) is 3.00. The highest BCUT2D eigenvalue weighted by Gasteiger charge is 2.17. The summed E-state index contributed by atoms with van der Waals surface area (Å²) in [5.74, 6) is 1.00. The summed E-state index contributed by atoms with van der Waals surface area (Å²) < 4.78 is 24.6. The van der Waals surface area contributed by atoms with Crippen molar-refractivity contribution in [2.75, 3.05) is 13.2 Å². The van der Waals surface area contributed by atoms with Crippen molar-refractivity contribution in [2.45, 2.75) is 26.7 Å². The van der Waals surface area contributed by atoms with Crippen LogP contribution in [0.3, 0.4) is 0 Å². The number of hydrogen-bond donors (Lipinski definition) is 0. The van der Waals surface area contributed by atoms with Crippen LogP contribution in [0.2, 0.25) is 0 Å². The van der Waals surface area contributed by atoms with E-state index in [1.165, 1.54) is 6.07 Å². The molecule has 0 bridgehead atoms. The summed E-state index contributed by atoms with van der Waals surface area (Å²) in [6, 6.07) is 3.05. The molecular weight excluding hydrogens is 235 g/mol. The molecule has 1 aliphatic heterocycles. The number of benzene rings is 1. The van der Waals surface area contributed by atoms with Crippen LogP contribution < -0.4 is 9.47 Å². The molecule has 0 fully saturated rings. The fourth-order valence-corrected chi connectivity index (χ4v) is 2.20. The van der Waals surface area contributed by atoms with Gasteiger partial charge in [0.2, 0.25) is 0 Å². The van der Waals surface area contributed by atoms with Crippen molar-refractivity contribution in [2.24, 2.45) is 5.92 Å². The Morgan fingerprint density at radius 2 is 1.94 bits per heavy atom. The Bertz CT molecular complexity index is 457. The summed E-state index contributed by atoms with van der Waals surface area (Å²) in [5, 5.41) is 0. The highest BCUT2D eigenvalue weighted by molar-refractivity contribution is 5.75. The second-order valence-electron chi connectivity index (χ2n) is 4.80. The smallest absolute Gasteiger partial charge is 0.164 e. The summed E-state index contributed by atoms with van der Waals surface area (Å²) in [6.45, 7) is 4.43. The van der Waals surface area contributed by atoms with E-state index >= 15 is 0 Å². The number of halogens is 1. The molecule has 0 saturated carbocycles. The van der Waals surface area contributed by atoms with Crippen LogP contribution in [0.4, 0.5) is 4.39 Å². The molecule has 1 atom stereocenters. The average Bonchev–Trinajstić information content (AvgIpc) is 2.29. The van der Waals surface area contributed by atoms with Crippen molar-refractivity contribution in [3.63, 3.8) is 0 Å². The molecule has 0 radical (unpaired) electrons. The molecule has 1 aromatic carbocycles. The standard InChI is InChI=1S/C14H17FO3/c1-9(5-10(2)16)6-11-7-13-14(8-12(11)15)18-4-3-17-13/h7-9H,3-6H2,1-2H3. The van der Waals surface area contributed by atoms with Crippen molar-refractivity contribution in [3.05, 3.63) is 23.5 Å². The first kappa shape index (κ1) is 12.9. The number of ether oxygens (including phenoxy) is 2. The van der Waals surface area contributed by atoms with E-state index in [-0.39, 0.29) is 17.5 Å². The van der Waals surface area contributed by atoms with E-state index in [1.54, 1.807) is 13.0 Å². The quantitative estimate of drug-likeness (QED) is 0.826. The number of fused-ring (bicyclic) bond motifs is 1. The van der Waals surface area contributed by atoms with Crippen molar-refractivity contribution in [1.82, 2.24) is 0 Å². The normalized spacial score (nSPS) is 15.3. The van der Waals surface area contributed by atoms with Crippen LogP contribution in [0.25, 0.3) is 0 Å². The molecule has 1 aliphatic rings. The van der Waals surface area contributed by atoms with Gasteiger partial charge in [-0.3, -0.25) is 0 Å². The number of hydrogen-bond acceptors (Lipinski definition) is 3. The van der Waals surface area contributed by atoms with Gasteiger partial charge < -0.3 is 14.3 Å². The topological polar surface area (TPSA) is 35.5 Å². The van der Waals surface area contributed by atoms with Gasteiger partial charge >= 0.3 is 0 Å². The SMILES string of the molecule is CC(=O)CC(C)Cc1cc2c(cc1F)OCCO2. The predicted molar refractivity (Wildman–Crippen MR) is 65.6 cm³/mol. The van der Waals surface area contributed by atoms with Gasteiger partial charge in [0.1, 0.15) is 24.8 Å². The molecule has 0 spiro atoms. The summed E-state index contributed by atoms with van der Waals surface area (Å²) in [5.41, 5.74) is 0.577. The van der Waals surface area contributed by atoms with E-state index in [2.05, 4.69) is 0 Å². The largest absolute Gasteiger partial charge is 0.486 e. The van der Waals surface area contributed by atoms with Crippen molar-refractivity contribution >= 4 is 5.78 Å². The summed E-state index contributed by atoms with van der Waals surface area (Å²) >= 11 is 0. The zero-order valence-corrected chi connectivity index (χ0v) is 10.7. The number of carbonyl (C=O) groups excluding carboxylic acids is 1. The zero-order chi connectivity index (χ0) is 13.1.